The Morgan fingerprint density at radius 1 is 0.886 bits per heavy atom. The van der Waals surface area contributed by atoms with E-state index in [-0.39, 0.29) is 27.1 Å². The second kappa shape index (κ2) is 9.82. The van der Waals surface area contributed by atoms with Gasteiger partial charge in [-0.1, -0.05) is 41.9 Å². The molecule has 0 atom stereocenters. The number of fused-ring (bicyclic) bond motifs is 1. The van der Waals surface area contributed by atoms with Crippen molar-refractivity contribution in [1.29, 1.82) is 0 Å². The summed E-state index contributed by atoms with van der Waals surface area (Å²) in [7, 11) is -7.58. The number of para-hydroxylation sites is 1. The van der Waals surface area contributed by atoms with E-state index in [1.54, 1.807) is 41.0 Å². The van der Waals surface area contributed by atoms with E-state index in [1.807, 2.05) is 0 Å². The van der Waals surface area contributed by atoms with Crippen molar-refractivity contribution >= 4 is 48.3 Å². The van der Waals surface area contributed by atoms with E-state index in [1.165, 1.54) is 42.6 Å². The van der Waals surface area contributed by atoms with Crippen LogP contribution in [-0.4, -0.2) is 33.9 Å². The maximum atomic E-state index is 13.3. The smallest absolute Gasteiger partial charge is 0.239 e. The van der Waals surface area contributed by atoms with E-state index < -0.39 is 19.9 Å². The van der Waals surface area contributed by atoms with E-state index in [4.69, 9.17) is 16.7 Å². The fraction of sp³-hybridized carbons (Fsp3) is 0.125. The number of halogens is 1. The molecular weight excluding hydrogens is 510 g/mol. The third kappa shape index (κ3) is 5.57. The zero-order valence-corrected chi connectivity index (χ0v) is 20.8. The topological polar surface area (TPSA) is 128 Å². The Morgan fingerprint density at radius 2 is 1.51 bits per heavy atom. The molecule has 3 aromatic carbocycles. The number of nitrogens with two attached hydrogens (primary N) is 1. The minimum atomic E-state index is -3.83. The highest BCUT2D eigenvalue weighted by Crippen LogP contribution is 2.30. The fourth-order valence-corrected chi connectivity index (χ4v) is 5.82. The molecule has 0 spiro atoms. The first-order valence-electron chi connectivity index (χ1n) is 10.5. The summed E-state index contributed by atoms with van der Waals surface area (Å²) in [5.74, 6) is -0.289. The van der Waals surface area contributed by atoms with Gasteiger partial charge in [-0.15, -0.1) is 0 Å². The van der Waals surface area contributed by atoms with Crippen LogP contribution in [0.4, 0.5) is 0 Å². The lowest BCUT2D eigenvalue weighted by Crippen LogP contribution is -2.29. The largest absolute Gasteiger partial charge is 0.354 e. The van der Waals surface area contributed by atoms with Crippen LogP contribution in [-0.2, 0) is 37.6 Å². The molecule has 11 heteroatoms. The molecule has 0 radical (unpaired) electrons. The molecule has 1 amide bonds. The van der Waals surface area contributed by atoms with E-state index >= 15 is 0 Å². The van der Waals surface area contributed by atoms with Gasteiger partial charge >= 0.3 is 0 Å². The van der Waals surface area contributed by atoms with Crippen LogP contribution < -0.4 is 10.5 Å². The van der Waals surface area contributed by atoms with Crippen LogP contribution in [0.1, 0.15) is 5.56 Å². The van der Waals surface area contributed by atoms with Gasteiger partial charge in [-0.25, -0.2) is 22.0 Å². The number of hydrogen-bond acceptors (Lipinski definition) is 5. The van der Waals surface area contributed by atoms with Crippen molar-refractivity contribution in [2.45, 2.75) is 27.7 Å². The maximum absolute atomic E-state index is 13.3. The second-order valence-electron chi connectivity index (χ2n) is 7.88. The summed E-state index contributed by atoms with van der Waals surface area (Å²) in [4.78, 5) is 12.9. The number of nitrogens with zero attached hydrogens (tertiary/aromatic N) is 1. The van der Waals surface area contributed by atoms with Crippen LogP contribution in [0.25, 0.3) is 10.9 Å². The standard InChI is InChI=1S/C24H22ClN3O5S2/c25-18-7-11-19(12-8-18)34(30,31)23-15-28(22-4-2-1-3-21(22)23)16-24(29)27-14-13-17-5-9-20(10-6-17)35(26,32)33/h1-12,15H,13-14,16H2,(H,27,29)(H2,26,32,33). The molecule has 1 aromatic heterocycles. The zero-order valence-electron chi connectivity index (χ0n) is 18.4. The number of hydrogen-bond donors (Lipinski definition) is 2. The van der Waals surface area contributed by atoms with Gasteiger partial charge in [-0.05, 0) is 54.4 Å². The van der Waals surface area contributed by atoms with Crippen molar-refractivity contribution in [3.63, 3.8) is 0 Å². The summed E-state index contributed by atoms with van der Waals surface area (Å²) in [6.07, 6.45) is 1.96. The lowest BCUT2D eigenvalue weighted by Gasteiger charge is -2.08. The summed E-state index contributed by atoms with van der Waals surface area (Å²) >= 11 is 5.90. The highest BCUT2D eigenvalue weighted by Gasteiger charge is 2.23. The molecule has 0 fully saturated rings. The molecule has 0 aliphatic heterocycles. The number of rotatable bonds is 8. The molecule has 0 aliphatic carbocycles. The first-order chi connectivity index (χ1) is 16.6. The van der Waals surface area contributed by atoms with Crippen molar-refractivity contribution in [2.75, 3.05) is 6.54 Å². The third-order valence-corrected chi connectivity index (χ3v) is 8.45. The van der Waals surface area contributed by atoms with Gasteiger partial charge in [0.25, 0.3) is 0 Å². The number of aromatic nitrogens is 1. The lowest BCUT2D eigenvalue weighted by atomic mass is 10.1. The average molecular weight is 532 g/mol. The first-order valence-corrected chi connectivity index (χ1v) is 13.9. The minimum Gasteiger partial charge on any atom is -0.354 e. The highest BCUT2D eigenvalue weighted by atomic mass is 35.5. The average Bonchev–Trinajstić information content (AvgIpc) is 3.18. The maximum Gasteiger partial charge on any atom is 0.239 e. The number of carbonyl (C=O) groups is 1. The van der Waals surface area contributed by atoms with E-state index in [0.717, 1.165) is 5.56 Å². The van der Waals surface area contributed by atoms with Gasteiger partial charge in [-0.3, -0.25) is 4.79 Å². The van der Waals surface area contributed by atoms with E-state index in [2.05, 4.69) is 5.32 Å². The van der Waals surface area contributed by atoms with Gasteiger partial charge < -0.3 is 9.88 Å². The van der Waals surface area contributed by atoms with Gasteiger partial charge in [0.15, 0.2) is 0 Å². The van der Waals surface area contributed by atoms with Crippen LogP contribution in [0.2, 0.25) is 5.02 Å². The van der Waals surface area contributed by atoms with Crippen LogP contribution in [0.5, 0.6) is 0 Å². The first kappa shape index (κ1) is 24.9. The van der Waals surface area contributed by atoms with Crippen LogP contribution >= 0.6 is 11.6 Å². The van der Waals surface area contributed by atoms with Crippen LogP contribution in [0.3, 0.4) is 0 Å². The van der Waals surface area contributed by atoms with Crippen molar-refractivity contribution in [3.05, 3.63) is 89.6 Å². The van der Waals surface area contributed by atoms with Crippen molar-refractivity contribution in [3.8, 4) is 0 Å². The van der Waals surface area contributed by atoms with Crippen molar-refractivity contribution in [2.24, 2.45) is 5.14 Å². The Hall–Kier alpha value is -3.18. The molecule has 0 bridgehead atoms. The molecule has 1 heterocycles. The number of carbonyl (C=O) groups excluding carboxylic acids is 1. The number of sulfone groups is 1. The number of sulfonamides is 1. The Labute approximate surface area is 208 Å². The summed E-state index contributed by atoms with van der Waals surface area (Å²) < 4.78 is 50.8. The quantitative estimate of drug-likeness (QED) is 0.361. The van der Waals surface area contributed by atoms with Gasteiger partial charge in [0.2, 0.25) is 25.8 Å². The molecule has 4 aromatic rings. The van der Waals surface area contributed by atoms with E-state index in [9.17, 15) is 21.6 Å². The van der Waals surface area contributed by atoms with Gasteiger partial charge in [0.1, 0.15) is 6.54 Å². The minimum absolute atomic E-state index is 0.0223. The fourth-order valence-electron chi connectivity index (χ4n) is 3.70. The molecular formula is C24H22ClN3O5S2. The monoisotopic (exact) mass is 531 g/mol. The van der Waals surface area contributed by atoms with Crippen molar-refractivity contribution < 1.29 is 21.6 Å². The van der Waals surface area contributed by atoms with E-state index in [0.29, 0.717) is 28.9 Å². The van der Waals surface area contributed by atoms with Gasteiger partial charge in [-0.2, -0.15) is 0 Å². The summed E-state index contributed by atoms with van der Waals surface area (Å²) in [5.41, 5.74) is 1.45. The molecule has 0 aliphatic rings. The molecule has 3 N–H and O–H groups in total. The summed E-state index contributed by atoms with van der Waals surface area (Å²) in [5, 5.41) is 8.86. The Bertz CT molecular complexity index is 1600. The van der Waals surface area contributed by atoms with Gasteiger partial charge in [0.05, 0.1) is 14.7 Å². The Morgan fingerprint density at radius 3 is 2.17 bits per heavy atom. The molecule has 35 heavy (non-hydrogen) atoms. The predicted octanol–water partition coefficient (Wildman–Crippen LogP) is 3.13. The molecule has 0 saturated heterocycles. The van der Waals surface area contributed by atoms with Crippen LogP contribution in [0, 0.1) is 0 Å². The molecule has 4 rings (SSSR count). The molecule has 8 nitrogen and oxygen atoms in total. The predicted molar refractivity (Wildman–Crippen MR) is 133 cm³/mol. The van der Waals surface area contributed by atoms with Gasteiger partial charge in [0, 0.05) is 28.7 Å². The highest BCUT2D eigenvalue weighted by molar-refractivity contribution is 7.91. The number of amides is 1. The molecule has 0 saturated carbocycles. The zero-order chi connectivity index (χ0) is 25.2. The number of primary sulfonamides is 1. The second-order valence-corrected chi connectivity index (χ2v) is 11.8. The molecule has 0 unspecified atom stereocenters. The SMILES string of the molecule is NS(=O)(=O)c1ccc(CCNC(=O)Cn2cc(S(=O)(=O)c3ccc(Cl)cc3)c3ccccc32)cc1. The summed E-state index contributed by atoms with van der Waals surface area (Å²) in [6.45, 7) is 0.254. The number of nitrogens with one attached hydrogen (secondary N) is 1. The summed E-state index contributed by atoms with van der Waals surface area (Å²) in [6, 6.07) is 19.0. The van der Waals surface area contributed by atoms with Crippen molar-refractivity contribution in [1.82, 2.24) is 9.88 Å². The Kier molecular flexibility index (Phi) is 7.00. The lowest BCUT2D eigenvalue weighted by molar-refractivity contribution is -0.121. The van der Waals surface area contributed by atoms with Crippen LogP contribution in [0.15, 0.2) is 93.7 Å². The molecule has 182 valence electrons. The number of benzene rings is 3. The Balaban J connectivity index is 1.49. The third-order valence-electron chi connectivity index (χ3n) is 5.47. The normalized spacial score (nSPS) is 12.1.